The molecule has 0 atom stereocenters. The van der Waals surface area contributed by atoms with Crippen molar-refractivity contribution in [2.24, 2.45) is 5.92 Å². The lowest BCUT2D eigenvalue weighted by molar-refractivity contribution is -0.125. The van der Waals surface area contributed by atoms with Gasteiger partial charge in [-0.3, -0.25) is 9.78 Å². The number of piperidine rings is 1. The van der Waals surface area contributed by atoms with Gasteiger partial charge >= 0.3 is 0 Å². The first-order chi connectivity index (χ1) is 15.6. The lowest BCUT2D eigenvalue weighted by atomic mass is 9.94. The van der Waals surface area contributed by atoms with Crippen molar-refractivity contribution in [1.82, 2.24) is 10.3 Å². The normalized spacial score (nSPS) is 14.2. The molecule has 0 aliphatic carbocycles. The Labute approximate surface area is 186 Å². The van der Waals surface area contributed by atoms with E-state index in [1.54, 1.807) is 18.3 Å². The van der Waals surface area contributed by atoms with Crippen molar-refractivity contribution in [3.8, 4) is 11.8 Å². The number of ether oxygens (including phenoxy) is 1. The highest BCUT2D eigenvalue weighted by atomic mass is 19.1. The standard InChI is InChI=1S/C25H25FN4O2/c1-2-32-21-7-8-23-22(13-21)24(19(14-27)16-28-23)30-11-9-18(10-12-30)25(31)29-15-17-3-5-20(26)6-4-17/h3-8,13,16,18H,2,9-12,15H2,1H3,(H,29,31). The number of nitrogens with one attached hydrogen (secondary N) is 1. The van der Waals surface area contributed by atoms with Gasteiger partial charge in [0.15, 0.2) is 0 Å². The third-order valence-corrected chi connectivity index (χ3v) is 5.80. The number of pyridine rings is 1. The van der Waals surface area contributed by atoms with Crippen LogP contribution in [0.5, 0.6) is 5.75 Å². The number of rotatable bonds is 6. The molecule has 1 fully saturated rings. The number of halogens is 1. The first-order valence-corrected chi connectivity index (χ1v) is 10.8. The van der Waals surface area contributed by atoms with Crippen molar-refractivity contribution < 1.29 is 13.9 Å². The summed E-state index contributed by atoms with van der Waals surface area (Å²) in [4.78, 5) is 19.2. The SMILES string of the molecule is CCOc1ccc2ncc(C#N)c(N3CCC(C(=O)NCc4ccc(F)cc4)CC3)c2c1. The predicted molar refractivity (Wildman–Crippen MR) is 121 cm³/mol. The van der Waals surface area contributed by atoms with Crippen molar-refractivity contribution >= 4 is 22.5 Å². The van der Waals surface area contributed by atoms with Crippen LogP contribution in [0.25, 0.3) is 10.9 Å². The van der Waals surface area contributed by atoms with Crippen molar-refractivity contribution in [1.29, 1.82) is 5.26 Å². The molecule has 7 heteroatoms. The van der Waals surface area contributed by atoms with Gasteiger partial charge in [0.05, 0.1) is 23.4 Å². The minimum absolute atomic E-state index is 0.00713. The molecule has 1 saturated heterocycles. The molecule has 0 saturated carbocycles. The monoisotopic (exact) mass is 432 g/mol. The quantitative estimate of drug-likeness (QED) is 0.632. The molecule has 2 aromatic carbocycles. The molecule has 6 nitrogen and oxygen atoms in total. The van der Waals surface area contributed by atoms with E-state index in [4.69, 9.17) is 4.74 Å². The molecular formula is C25H25FN4O2. The van der Waals surface area contributed by atoms with Crippen molar-refractivity contribution in [3.05, 3.63) is 65.6 Å². The Morgan fingerprint density at radius 1 is 1.25 bits per heavy atom. The molecule has 2 heterocycles. The minimum Gasteiger partial charge on any atom is -0.494 e. The van der Waals surface area contributed by atoms with Gasteiger partial charge in [0.2, 0.25) is 5.91 Å². The molecular weight excluding hydrogens is 407 g/mol. The number of benzene rings is 2. The van der Waals surface area contributed by atoms with Gasteiger partial charge in [0, 0.05) is 37.1 Å². The summed E-state index contributed by atoms with van der Waals surface area (Å²) in [7, 11) is 0. The zero-order valence-corrected chi connectivity index (χ0v) is 18.0. The van der Waals surface area contributed by atoms with E-state index in [-0.39, 0.29) is 17.6 Å². The number of carbonyl (C=O) groups is 1. The fraction of sp³-hybridized carbons (Fsp3) is 0.320. The number of aromatic nitrogens is 1. The second kappa shape index (κ2) is 9.65. The molecule has 1 N–H and O–H groups in total. The van der Waals surface area contributed by atoms with Crippen LogP contribution in [0.4, 0.5) is 10.1 Å². The Balaban J connectivity index is 1.46. The van der Waals surface area contributed by atoms with Crippen LogP contribution >= 0.6 is 0 Å². The number of carbonyl (C=O) groups excluding carboxylic acids is 1. The van der Waals surface area contributed by atoms with Crippen LogP contribution in [0.2, 0.25) is 0 Å². The average Bonchev–Trinajstić information content (AvgIpc) is 2.83. The Kier molecular flexibility index (Phi) is 6.50. The van der Waals surface area contributed by atoms with Gasteiger partial charge in [-0.1, -0.05) is 12.1 Å². The molecule has 0 unspecified atom stereocenters. The van der Waals surface area contributed by atoms with E-state index in [0.29, 0.717) is 44.6 Å². The summed E-state index contributed by atoms with van der Waals surface area (Å²) in [6.45, 7) is 4.21. The smallest absolute Gasteiger partial charge is 0.223 e. The molecule has 0 bridgehead atoms. The number of anilines is 1. The highest BCUT2D eigenvalue weighted by molar-refractivity contribution is 5.95. The summed E-state index contributed by atoms with van der Waals surface area (Å²) < 4.78 is 18.7. The first kappa shape index (κ1) is 21.6. The van der Waals surface area contributed by atoms with Crippen molar-refractivity contribution in [3.63, 3.8) is 0 Å². The van der Waals surface area contributed by atoms with E-state index >= 15 is 0 Å². The van der Waals surface area contributed by atoms with E-state index < -0.39 is 0 Å². The van der Waals surface area contributed by atoms with Gasteiger partial charge in [-0.2, -0.15) is 5.26 Å². The number of hydrogen-bond acceptors (Lipinski definition) is 5. The average molecular weight is 432 g/mol. The molecule has 1 aromatic heterocycles. The topological polar surface area (TPSA) is 78.2 Å². The highest BCUT2D eigenvalue weighted by Gasteiger charge is 2.27. The zero-order valence-electron chi connectivity index (χ0n) is 18.0. The zero-order chi connectivity index (χ0) is 22.5. The second-order valence-corrected chi connectivity index (χ2v) is 7.85. The second-order valence-electron chi connectivity index (χ2n) is 7.85. The van der Waals surface area contributed by atoms with E-state index in [1.807, 2.05) is 25.1 Å². The van der Waals surface area contributed by atoms with Crippen molar-refractivity contribution in [2.75, 3.05) is 24.6 Å². The molecule has 164 valence electrons. The van der Waals surface area contributed by atoms with Gasteiger partial charge in [-0.25, -0.2) is 4.39 Å². The Bertz CT molecular complexity index is 1150. The van der Waals surface area contributed by atoms with Crippen LogP contribution in [0.1, 0.15) is 30.9 Å². The van der Waals surface area contributed by atoms with Gasteiger partial charge in [0.1, 0.15) is 17.6 Å². The number of amides is 1. The number of fused-ring (bicyclic) bond motifs is 1. The number of nitriles is 1. The van der Waals surface area contributed by atoms with Crippen molar-refractivity contribution in [2.45, 2.75) is 26.3 Å². The van der Waals surface area contributed by atoms with E-state index in [1.165, 1.54) is 12.1 Å². The molecule has 0 radical (unpaired) electrons. The maximum absolute atomic E-state index is 13.0. The summed E-state index contributed by atoms with van der Waals surface area (Å²) in [5.74, 6) is 0.367. The lowest BCUT2D eigenvalue weighted by Gasteiger charge is -2.34. The molecule has 3 aromatic rings. The van der Waals surface area contributed by atoms with E-state index in [9.17, 15) is 14.4 Å². The summed E-state index contributed by atoms with van der Waals surface area (Å²) in [5.41, 5.74) is 3.04. The summed E-state index contributed by atoms with van der Waals surface area (Å²) >= 11 is 0. The highest BCUT2D eigenvalue weighted by Crippen LogP contribution is 2.34. The molecule has 0 spiro atoms. The van der Waals surface area contributed by atoms with Gasteiger partial charge < -0.3 is 15.0 Å². The van der Waals surface area contributed by atoms with Crippen LogP contribution in [-0.2, 0) is 11.3 Å². The van der Waals surface area contributed by atoms with E-state index in [2.05, 4.69) is 21.3 Å². The van der Waals surface area contributed by atoms with Crippen LogP contribution in [-0.4, -0.2) is 30.6 Å². The largest absolute Gasteiger partial charge is 0.494 e. The third-order valence-electron chi connectivity index (χ3n) is 5.80. The lowest BCUT2D eigenvalue weighted by Crippen LogP contribution is -2.40. The molecule has 1 aliphatic rings. The number of nitrogens with zero attached hydrogens (tertiary/aromatic N) is 3. The van der Waals surface area contributed by atoms with Gasteiger partial charge in [0.25, 0.3) is 0 Å². The first-order valence-electron chi connectivity index (χ1n) is 10.8. The Morgan fingerprint density at radius 2 is 2.00 bits per heavy atom. The Hall–Kier alpha value is -3.66. The molecule has 4 rings (SSSR count). The van der Waals surface area contributed by atoms with Crippen LogP contribution in [0.3, 0.4) is 0 Å². The summed E-state index contributed by atoms with van der Waals surface area (Å²) in [5, 5.41) is 13.5. The molecule has 1 amide bonds. The summed E-state index contributed by atoms with van der Waals surface area (Å²) in [6, 6.07) is 14.1. The molecule has 32 heavy (non-hydrogen) atoms. The van der Waals surface area contributed by atoms with Crippen LogP contribution in [0.15, 0.2) is 48.7 Å². The molecule has 1 aliphatic heterocycles. The number of hydrogen-bond donors (Lipinski definition) is 1. The van der Waals surface area contributed by atoms with Gasteiger partial charge in [-0.15, -0.1) is 0 Å². The van der Waals surface area contributed by atoms with Crippen LogP contribution in [0, 0.1) is 23.1 Å². The van der Waals surface area contributed by atoms with Gasteiger partial charge in [-0.05, 0) is 55.7 Å². The fourth-order valence-electron chi connectivity index (χ4n) is 4.14. The fourth-order valence-corrected chi connectivity index (χ4v) is 4.14. The maximum Gasteiger partial charge on any atom is 0.223 e. The van der Waals surface area contributed by atoms with Crippen LogP contribution < -0.4 is 15.0 Å². The maximum atomic E-state index is 13.0. The Morgan fingerprint density at radius 3 is 2.69 bits per heavy atom. The third kappa shape index (κ3) is 4.65. The summed E-state index contributed by atoms with van der Waals surface area (Å²) in [6.07, 6.45) is 2.99. The predicted octanol–water partition coefficient (Wildman–Crippen LogP) is 4.18. The minimum atomic E-state index is -0.291. The van der Waals surface area contributed by atoms with E-state index in [0.717, 1.165) is 27.9 Å².